The molecular weight excluding hydrogens is 420 g/mol. The highest BCUT2D eigenvalue weighted by atomic mass is 16.4. The molecule has 0 spiro atoms. The van der Waals surface area contributed by atoms with Crippen molar-refractivity contribution in [2.75, 3.05) is 6.54 Å². The fraction of sp³-hybridized carbons (Fsp3) is 0.762. The molecule has 0 bridgehead atoms. The third kappa shape index (κ3) is 7.77. The van der Waals surface area contributed by atoms with Crippen LogP contribution < -0.4 is 16.4 Å². The van der Waals surface area contributed by atoms with Gasteiger partial charge in [0.1, 0.15) is 18.1 Å². The number of nitrogens with two attached hydrogens (primary N) is 1. The molecule has 6 N–H and O–H groups in total. The Kier molecular flexibility index (Phi) is 10.6. The molecule has 0 aromatic carbocycles. The number of carbonyl (C=O) groups excluding carboxylic acids is 3. The fourth-order valence-electron chi connectivity index (χ4n) is 3.67. The summed E-state index contributed by atoms with van der Waals surface area (Å²) < 4.78 is 0. The maximum Gasteiger partial charge on any atom is 0.326 e. The van der Waals surface area contributed by atoms with Gasteiger partial charge in [0, 0.05) is 6.54 Å². The normalized spacial score (nSPS) is 19.7. The molecule has 11 nitrogen and oxygen atoms in total. The topological polar surface area (TPSA) is 179 Å². The van der Waals surface area contributed by atoms with E-state index in [0.29, 0.717) is 25.8 Å². The van der Waals surface area contributed by atoms with E-state index in [1.54, 1.807) is 6.92 Å². The average molecular weight is 457 g/mol. The first-order chi connectivity index (χ1) is 14.9. The van der Waals surface area contributed by atoms with E-state index in [2.05, 4.69) is 10.6 Å². The Balaban J connectivity index is 3.02. The van der Waals surface area contributed by atoms with Crippen LogP contribution in [0, 0.1) is 11.8 Å². The van der Waals surface area contributed by atoms with E-state index < -0.39 is 60.2 Å². The number of amides is 3. The first-order valence-corrected chi connectivity index (χ1v) is 11.0. The number of likely N-dealkylation sites (tertiary alicyclic amines) is 1. The highest BCUT2D eigenvalue weighted by Gasteiger charge is 2.40. The molecule has 0 aromatic heterocycles. The van der Waals surface area contributed by atoms with Crippen LogP contribution in [0.1, 0.15) is 59.8 Å². The molecule has 5 unspecified atom stereocenters. The second-order valence-corrected chi connectivity index (χ2v) is 8.79. The molecule has 1 saturated heterocycles. The molecule has 0 aromatic rings. The standard InChI is InChI=1S/C21H36N4O7/c1-5-12(4)17(20(30)25-8-6-7-15(25)21(31)32)24-19(29)14(9-11(2)3)23-18(28)13(22)10-16(26)27/h11-15,17H,5-10,22H2,1-4H3,(H,23,28)(H,24,29)(H,26,27)(H,31,32). The number of rotatable bonds is 12. The van der Waals surface area contributed by atoms with Crippen molar-refractivity contribution in [2.24, 2.45) is 17.6 Å². The number of carbonyl (C=O) groups is 5. The number of aliphatic carboxylic acids is 2. The van der Waals surface area contributed by atoms with Crippen LogP contribution in [0.3, 0.4) is 0 Å². The molecule has 0 aliphatic carbocycles. The summed E-state index contributed by atoms with van der Waals surface area (Å²) in [5.74, 6) is -4.42. The van der Waals surface area contributed by atoms with Gasteiger partial charge in [-0.25, -0.2) is 4.79 Å². The Labute approximate surface area is 188 Å². The monoisotopic (exact) mass is 456 g/mol. The largest absolute Gasteiger partial charge is 0.481 e. The SMILES string of the molecule is CCC(C)C(NC(=O)C(CC(C)C)NC(=O)C(N)CC(=O)O)C(=O)N1CCCC1C(=O)O. The van der Waals surface area contributed by atoms with Crippen molar-refractivity contribution in [3.05, 3.63) is 0 Å². The Morgan fingerprint density at radius 3 is 2.19 bits per heavy atom. The van der Waals surface area contributed by atoms with Crippen molar-refractivity contribution in [1.29, 1.82) is 0 Å². The minimum atomic E-state index is -1.32. The number of hydrogen-bond donors (Lipinski definition) is 5. The zero-order valence-corrected chi connectivity index (χ0v) is 19.2. The molecule has 32 heavy (non-hydrogen) atoms. The van der Waals surface area contributed by atoms with E-state index in [0.717, 1.165) is 0 Å². The van der Waals surface area contributed by atoms with Gasteiger partial charge in [-0.1, -0.05) is 34.1 Å². The van der Waals surface area contributed by atoms with Gasteiger partial charge in [0.05, 0.1) is 12.5 Å². The summed E-state index contributed by atoms with van der Waals surface area (Å²) in [6.07, 6.45) is 1.15. The average Bonchev–Trinajstić information content (AvgIpc) is 3.19. The first-order valence-electron chi connectivity index (χ1n) is 11.0. The number of nitrogens with zero attached hydrogens (tertiary/aromatic N) is 1. The third-order valence-corrected chi connectivity index (χ3v) is 5.67. The molecule has 1 heterocycles. The summed E-state index contributed by atoms with van der Waals surface area (Å²) in [4.78, 5) is 62.1. The molecule has 3 amide bonds. The molecular formula is C21H36N4O7. The molecule has 0 radical (unpaired) electrons. The Hall–Kier alpha value is -2.69. The number of carboxylic acids is 2. The quantitative estimate of drug-likeness (QED) is 0.270. The van der Waals surface area contributed by atoms with Gasteiger partial charge in [-0.15, -0.1) is 0 Å². The molecule has 11 heteroatoms. The highest BCUT2D eigenvalue weighted by molar-refractivity contribution is 5.95. The number of carboxylic acid groups (broad SMARTS) is 2. The van der Waals surface area contributed by atoms with Crippen molar-refractivity contribution in [3.8, 4) is 0 Å². The van der Waals surface area contributed by atoms with Crippen molar-refractivity contribution in [1.82, 2.24) is 15.5 Å². The maximum atomic E-state index is 13.2. The summed E-state index contributed by atoms with van der Waals surface area (Å²) in [6.45, 7) is 7.64. The molecule has 1 rings (SSSR count). The van der Waals surface area contributed by atoms with Gasteiger partial charge in [0.15, 0.2) is 0 Å². The second kappa shape index (κ2) is 12.4. The van der Waals surface area contributed by atoms with Crippen molar-refractivity contribution in [3.63, 3.8) is 0 Å². The fourth-order valence-corrected chi connectivity index (χ4v) is 3.67. The van der Waals surface area contributed by atoms with Crippen LogP contribution in [0.2, 0.25) is 0 Å². The van der Waals surface area contributed by atoms with E-state index >= 15 is 0 Å². The summed E-state index contributed by atoms with van der Waals surface area (Å²) in [5, 5.41) is 23.4. The van der Waals surface area contributed by atoms with Gasteiger partial charge >= 0.3 is 11.9 Å². The lowest BCUT2D eigenvalue weighted by Crippen LogP contribution is -2.59. The molecule has 1 fully saturated rings. The predicted molar refractivity (Wildman–Crippen MR) is 115 cm³/mol. The lowest BCUT2D eigenvalue weighted by Gasteiger charge is -2.32. The van der Waals surface area contributed by atoms with Crippen LogP contribution in [0.15, 0.2) is 0 Å². The molecule has 182 valence electrons. The van der Waals surface area contributed by atoms with Crippen LogP contribution >= 0.6 is 0 Å². The second-order valence-electron chi connectivity index (χ2n) is 8.79. The minimum absolute atomic E-state index is 0.00877. The van der Waals surface area contributed by atoms with Crippen molar-refractivity contribution < 1.29 is 34.2 Å². The Morgan fingerprint density at radius 1 is 1.06 bits per heavy atom. The van der Waals surface area contributed by atoms with E-state index in [1.807, 2.05) is 20.8 Å². The van der Waals surface area contributed by atoms with E-state index in [-0.39, 0.29) is 18.3 Å². The van der Waals surface area contributed by atoms with Gasteiger partial charge < -0.3 is 31.5 Å². The Bertz CT molecular complexity index is 712. The summed E-state index contributed by atoms with van der Waals surface area (Å²) in [5.41, 5.74) is 5.60. The van der Waals surface area contributed by atoms with Crippen LogP contribution in [0.25, 0.3) is 0 Å². The first kappa shape index (κ1) is 27.3. The lowest BCUT2D eigenvalue weighted by molar-refractivity contribution is -0.150. The summed E-state index contributed by atoms with van der Waals surface area (Å²) in [7, 11) is 0. The van der Waals surface area contributed by atoms with Gasteiger partial charge in [0.25, 0.3) is 0 Å². The van der Waals surface area contributed by atoms with E-state index in [1.165, 1.54) is 4.90 Å². The molecule has 1 aliphatic rings. The van der Waals surface area contributed by atoms with E-state index in [4.69, 9.17) is 10.8 Å². The van der Waals surface area contributed by atoms with Crippen molar-refractivity contribution >= 4 is 29.7 Å². The highest BCUT2D eigenvalue weighted by Crippen LogP contribution is 2.21. The smallest absolute Gasteiger partial charge is 0.326 e. The van der Waals surface area contributed by atoms with E-state index in [9.17, 15) is 29.1 Å². The zero-order valence-electron chi connectivity index (χ0n) is 19.2. The number of hydrogen-bond acceptors (Lipinski definition) is 6. The Morgan fingerprint density at radius 2 is 1.69 bits per heavy atom. The maximum absolute atomic E-state index is 13.2. The number of nitrogens with one attached hydrogen (secondary N) is 2. The van der Waals surface area contributed by atoms with Gasteiger partial charge in [-0.3, -0.25) is 19.2 Å². The van der Waals surface area contributed by atoms with Crippen molar-refractivity contribution in [2.45, 2.75) is 84.0 Å². The van der Waals surface area contributed by atoms with Gasteiger partial charge in [-0.2, -0.15) is 0 Å². The lowest BCUT2D eigenvalue weighted by atomic mass is 9.96. The van der Waals surface area contributed by atoms with Crippen LogP contribution in [-0.2, 0) is 24.0 Å². The summed E-state index contributed by atoms with van der Waals surface area (Å²) >= 11 is 0. The minimum Gasteiger partial charge on any atom is -0.481 e. The predicted octanol–water partition coefficient (Wildman–Crippen LogP) is -0.0742. The van der Waals surface area contributed by atoms with Crippen LogP contribution in [0.5, 0.6) is 0 Å². The third-order valence-electron chi connectivity index (χ3n) is 5.67. The molecule has 5 atom stereocenters. The zero-order chi connectivity index (χ0) is 24.6. The molecule has 1 aliphatic heterocycles. The van der Waals surface area contributed by atoms with Crippen LogP contribution in [0.4, 0.5) is 0 Å². The van der Waals surface area contributed by atoms with Gasteiger partial charge in [0.2, 0.25) is 17.7 Å². The summed E-state index contributed by atoms with van der Waals surface area (Å²) in [6, 6.07) is -4.21. The van der Waals surface area contributed by atoms with Gasteiger partial charge in [-0.05, 0) is 31.1 Å². The van der Waals surface area contributed by atoms with Crippen LogP contribution in [-0.4, -0.2) is 75.5 Å². The molecule has 0 saturated carbocycles.